The molecule has 96 valence electrons. The Morgan fingerprint density at radius 1 is 1.44 bits per heavy atom. The quantitative estimate of drug-likeness (QED) is 0.746. The molecule has 1 aliphatic rings. The number of hydrogen-bond donors (Lipinski definition) is 1. The Morgan fingerprint density at radius 2 is 2.00 bits per heavy atom. The van der Waals surface area contributed by atoms with Crippen LogP contribution in [0.25, 0.3) is 0 Å². The molecule has 0 heterocycles. The summed E-state index contributed by atoms with van der Waals surface area (Å²) in [6.45, 7) is 7.66. The van der Waals surface area contributed by atoms with Crippen LogP contribution >= 0.6 is 0 Å². The first kappa shape index (κ1) is 14.0. The zero-order chi connectivity index (χ0) is 12.4. The molecule has 4 heteroatoms. The maximum atomic E-state index is 11.1. The van der Waals surface area contributed by atoms with Gasteiger partial charge in [-0.15, -0.1) is 0 Å². The van der Waals surface area contributed by atoms with Gasteiger partial charge in [0.15, 0.2) is 0 Å². The molecule has 0 saturated heterocycles. The average molecular weight is 247 g/mol. The Hall–Kier alpha value is -0.0900. The lowest BCUT2D eigenvalue weighted by molar-refractivity contribution is 0.389. The molecule has 0 bridgehead atoms. The van der Waals surface area contributed by atoms with Gasteiger partial charge in [-0.05, 0) is 37.1 Å². The van der Waals surface area contributed by atoms with Gasteiger partial charge in [-0.2, -0.15) is 0 Å². The molecular formula is C12H25NO2S. The zero-order valence-corrected chi connectivity index (χ0v) is 11.7. The lowest BCUT2D eigenvalue weighted by atomic mass is 10.00. The molecule has 0 amide bonds. The number of sulfone groups is 1. The number of hydrogen-bond acceptors (Lipinski definition) is 3. The molecule has 0 aliphatic heterocycles. The summed E-state index contributed by atoms with van der Waals surface area (Å²) in [6.07, 6.45) is 4.35. The fourth-order valence-electron chi connectivity index (χ4n) is 2.47. The van der Waals surface area contributed by atoms with E-state index in [1.807, 2.05) is 0 Å². The van der Waals surface area contributed by atoms with Crippen molar-refractivity contribution in [2.45, 2.75) is 46.1 Å². The van der Waals surface area contributed by atoms with Crippen LogP contribution in [0.1, 0.15) is 40.0 Å². The molecule has 0 aromatic rings. The van der Waals surface area contributed by atoms with Crippen molar-refractivity contribution in [2.24, 2.45) is 11.3 Å². The van der Waals surface area contributed by atoms with Gasteiger partial charge in [0.25, 0.3) is 0 Å². The van der Waals surface area contributed by atoms with Gasteiger partial charge in [0, 0.05) is 18.1 Å². The fraction of sp³-hybridized carbons (Fsp3) is 1.00. The third-order valence-corrected chi connectivity index (χ3v) is 4.60. The van der Waals surface area contributed by atoms with Gasteiger partial charge in [-0.3, -0.25) is 0 Å². The molecule has 2 atom stereocenters. The van der Waals surface area contributed by atoms with Crippen LogP contribution in [0.3, 0.4) is 0 Å². The van der Waals surface area contributed by atoms with Crippen LogP contribution in [0.5, 0.6) is 0 Å². The second-order valence-electron chi connectivity index (χ2n) is 5.74. The topological polar surface area (TPSA) is 46.2 Å². The summed E-state index contributed by atoms with van der Waals surface area (Å²) in [4.78, 5) is 0. The van der Waals surface area contributed by atoms with Crippen molar-refractivity contribution in [1.82, 2.24) is 5.32 Å². The minimum Gasteiger partial charge on any atom is -0.314 e. The third kappa shape index (κ3) is 4.42. The van der Waals surface area contributed by atoms with Gasteiger partial charge in [0.2, 0.25) is 0 Å². The summed E-state index contributed by atoms with van der Waals surface area (Å²) in [5.41, 5.74) is 0.456. The van der Waals surface area contributed by atoms with E-state index in [0.29, 0.717) is 17.2 Å². The van der Waals surface area contributed by atoms with Crippen LogP contribution < -0.4 is 5.32 Å². The summed E-state index contributed by atoms with van der Waals surface area (Å²) in [5, 5.41) is 3.49. The minimum atomic E-state index is -2.80. The molecule has 2 unspecified atom stereocenters. The SMILES string of the molecule is CCNC(CCCS(C)(=O)=O)C1CC1(C)C. The van der Waals surface area contributed by atoms with E-state index in [9.17, 15) is 8.42 Å². The largest absolute Gasteiger partial charge is 0.314 e. The summed E-state index contributed by atoms with van der Waals surface area (Å²) in [5.74, 6) is 1.05. The predicted octanol–water partition coefficient (Wildman–Crippen LogP) is 1.84. The Balaban J connectivity index is 2.35. The van der Waals surface area contributed by atoms with Gasteiger partial charge < -0.3 is 5.32 Å². The first-order valence-corrected chi connectivity index (χ1v) is 8.23. The average Bonchev–Trinajstić information content (AvgIpc) is 2.71. The standard InChI is InChI=1S/C12H25NO2S/c1-5-13-11(10-9-12(10,2)3)7-6-8-16(4,14)15/h10-11,13H,5-9H2,1-4H3. The summed E-state index contributed by atoms with van der Waals surface area (Å²) in [6, 6.07) is 0.502. The Morgan fingerprint density at radius 3 is 2.38 bits per heavy atom. The van der Waals surface area contributed by atoms with Crippen molar-refractivity contribution in [3.05, 3.63) is 0 Å². The van der Waals surface area contributed by atoms with Crippen molar-refractivity contribution in [3.63, 3.8) is 0 Å². The highest BCUT2D eigenvalue weighted by molar-refractivity contribution is 7.90. The number of nitrogens with one attached hydrogen (secondary N) is 1. The monoisotopic (exact) mass is 247 g/mol. The smallest absolute Gasteiger partial charge is 0.147 e. The van der Waals surface area contributed by atoms with E-state index in [4.69, 9.17) is 0 Å². The summed E-state index contributed by atoms with van der Waals surface area (Å²) < 4.78 is 22.1. The van der Waals surface area contributed by atoms with Crippen molar-refractivity contribution >= 4 is 9.84 Å². The molecule has 1 fully saturated rings. The van der Waals surface area contributed by atoms with E-state index in [1.165, 1.54) is 12.7 Å². The first-order valence-electron chi connectivity index (χ1n) is 6.17. The fourth-order valence-corrected chi connectivity index (χ4v) is 3.16. The highest BCUT2D eigenvalue weighted by Gasteiger charge is 2.49. The van der Waals surface area contributed by atoms with Crippen molar-refractivity contribution in [3.8, 4) is 0 Å². The van der Waals surface area contributed by atoms with E-state index < -0.39 is 9.84 Å². The van der Waals surface area contributed by atoms with Gasteiger partial charge in [-0.1, -0.05) is 20.8 Å². The van der Waals surface area contributed by atoms with Crippen LogP contribution in [-0.4, -0.2) is 33.0 Å². The summed E-state index contributed by atoms with van der Waals surface area (Å²) >= 11 is 0. The van der Waals surface area contributed by atoms with Crippen LogP contribution in [0.4, 0.5) is 0 Å². The second-order valence-corrected chi connectivity index (χ2v) is 8.00. The lowest BCUT2D eigenvalue weighted by Crippen LogP contribution is -2.32. The first-order chi connectivity index (χ1) is 7.26. The summed E-state index contributed by atoms with van der Waals surface area (Å²) in [7, 11) is -2.80. The maximum Gasteiger partial charge on any atom is 0.147 e. The normalized spacial score (nSPS) is 25.4. The molecule has 1 rings (SSSR count). The van der Waals surface area contributed by atoms with Crippen molar-refractivity contribution < 1.29 is 8.42 Å². The highest BCUT2D eigenvalue weighted by Crippen LogP contribution is 2.54. The molecule has 0 spiro atoms. The van der Waals surface area contributed by atoms with Crippen LogP contribution in [0, 0.1) is 11.3 Å². The van der Waals surface area contributed by atoms with E-state index in [-0.39, 0.29) is 0 Å². The maximum absolute atomic E-state index is 11.1. The predicted molar refractivity (Wildman–Crippen MR) is 68.3 cm³/mol. The zero-order valence-electron chi connectivity index (χ0n) is 10.9. The van der Waals surface area contributed by atoms with Gasteiger partial charge in [0.1, 0.15) is 9.84 Å². The minimum absolute atomic E-state index is 0.321. The number of rotatable bonds is 7. The van der Waals surface area contributed by atoms with E-state index in [2.05, 4.69) is 26.1 Å². The van der Waals surface area contributed by atoms with Gasteiger partial charge >= 0.3 is 0 Å². The molecule has 1 N–H and O–H groups in total. The van der Waals surface area contributed by atoms with E-state index in [0.717, 1.165) is 25.3 Å². The molecule has 0 radical (unpaired) electrons. The molecule has 1 aliphatic carbocycles. The van der Waals surface area contributed by atoms with Crippen LogP contribution in [0.2, 0.25) is 0 Å². The Bertz CT molecular complexity index is 322. The van der Waals surface area contributed by atoms with Gasteiger partial charge in [-0.25, -0.2) is 8.42 Å². The van der Waals surface area contributed by atoms with Crippen molar-refractivity contribution in [1.29, 1.82) is 0 Å². The molecule has 0 aromatic carbocycles. The molecule has 16 heavy (non-hydrogen) atoms. The highest BCUT2D eigenvalue weighted by atomic mass is 32.2. The molecule has 1 saturated carbocycles. The molecular weight excluding hydrogens is 222 g/mol. The third-order valence-electron chi connectivity index (χ3n) is 3.57. The van der Waals surface area contributed by atoms with Crippen LogP contribution in [-0.2, 0) is 9.84 Å². The van der Waals surface area contributed by atoms with E-state index in [1.54, 1.807) is 0 Å². The van der Waals surface area contributed by atoms with Crippen LogP contribution in [0.15, 0.2) is 0 Å². The lowest BCUT2D eigenvalue weighted by Gasteiger charge is -2.19. The molecule has 3 nitrogen and oxygen atoms in total. The Labute approximate surface area is 99.9 Å². The Kier molecular flexibility index (Phi) is 4.41. The second kappa shape index (κ2) is 5.05. The van der Waals surface area contributed by atoms with E-state index >= 15 is 0 Å². The van der Waals surface area contributed by atoms with Gasteiger partial charge in [0.05, 0.1) is 0 Å². The molecule has 0 aromatic heterocycles. The van der Waals surface area contributed by atoms with Crippen molar-refractivity contribution in [2.75, 3.05) is 18.6 Å².